The number of hydrogen-bond acceptors (Lipinski definition) is 5. The predicted octanol–water partition coefficient (Wildman–Crippen LogP) is 0.704. The first kappa shape index (κ1) is 12.3. The van der Waals surface area contributed by atoms with Crippen molar-refractivity contribution in [2.24, 2.45) is 0 Å². The molecule has 1 rings (SSSR count). The van der Waals surface area contributed by atoms with Gasteiger partial charge in [-0.05, 0) is 31.2 Å². The molecule has 7 heteroatoms. The molecule has 0 aliphatic rings. The van der Waals surface area contributed by atoms with Crippen LogP contribution in [0.3, 0.4) is 0 Å². The zero-order valence-corrected chi connectivity index (χ0v) is 9.45. The number of hydrogen-bond donors (Lipinski definition) is 2. The average molecular weight is 244 g/mol. The summed E-state index contributed by atoms with van der Waals surface area (Å²) >= 11 is 0. The van der Waals surface area contributed by atoms with Crippen LogP contribution < -0.4 is 10.5 Å². The number of benzene rings is 1. The van der Waals surface area contributed by atoms with Crippen LogP contribution in [0.4, 0.5) is 10.5 Å². The predicted molar refractivity (Wildman–Crippen MR) is 58.2 cm³/mol. The van der Waals surface area contributed by atoms with Gasteiger partial charge in [0.05, 0.1) is 11.5 Å². The Morgan fingerprint density at radius 2 is 1.94 bits per heavy atom. The van der Waals surface area contributed by atoms with Crippen LogP contribution in [0.2, 0.25) is 0 Å². The number of sulfonamides is 1. The van der Waals surface area contributed by atoms with E-state index >= 15 is 0 Å². The van der Waals surface area contributed by atoms with Gasteiger partial charge in [0.1, 0.15) is 0 Å². The van der Waals surface area contributed by atoms with Gasteiger partial charge in [0.2, 0.25) is 0 Å². The highest BCUT2D eigenvalue weighted by atomic mass is 32.2. The third-order valence-corrected chi connectivity index (χ3v) is 3.01. The van der Waals surface area contributed by atoms with Gasteiger partial charge >= 0.3 is 6.09 Å². The molecule has 0 bridgehead atoms. The van der Waals surface area contributed by atoms with Crippen LogP contribution in [-0.2, 0) is 14.8 Å². The Morgan fingerprint density at radius 1 is 1.38 bits per heavy atom. The summed E-state index contributed by atoms with van der Waals surface area (Å²) in [6, 6.07) is 5.47. The van der Waals surface area contributed by atoms with Crippen LogP contribution in [0.15, 0.2) is 29.2 Å². The second-order valence-electron chi connectivity index (χ2n) is 2.90. The first-order valence-electron chi connectivity index (χ1n) is 4.51. The Kier molecular flexibility index (Phi) is 3.73. The molecule has 1 amide bonds. The number of nitrogen functional groups attached to an aromatic ring is 1. The molecule has 0 unspecified atom stereocenters. The van der Waals surface area contributed by atoms with Crippen molar-refractivity contribution in [2.45, 2.75) is 11.8 Å². The Balaban J connectivity index is 2.86. The molecule has 0 atom stereocenters. The molecular weight excluding hydrogens is 232 g/mol. The van der Waals surface area contributed by atoms with Crippen molar-refractivity contribution >= 4 is 21.8 Å². The topological polar surface area (TPSA) is 98.5 Å². The Hall–Kier alpha value is -1.76. The van der Waals surface area contributed by atoms with Gasteiger partial charge in [0.15, 0.2) is 0 Å². The molecule has 0 spiro atoms. The summed E-state index contributed by atoms with van der Waals surface area (Å²) in [4.78, 5) is 10.9. The fraction of sp³-hybridized carbons (Fsp3) is 0.222. The summed E-state index contributed by atoms with van der Waals surface area (Å²) in [6.07, 6.45) is -1.00. The third kappa shape index (κ3) is 3.13. The smallest absolute Gasteiger partial charge is 0.421 e. The highest BCUT2D eigenvalue weighted by Crippen LogP contribution is 2.11. The van der Waals surface area contributed by atoms with Crippen LogP contribution in [-0.4, -0.2) is 21.1 Å². The summed E-state index contributed by atoms with van der Waals surface area (Å²) in [7, 11) is -3.88. The molecule has 0 saturated heterocycles. The first-order chi connectivity index (χ1) is 7.45. The molecule has 3 N–H and O–H groups in total. The molecule has 1 aromatic rings. The van der Waals surface area contributed by atoms with Crippen molar-refractivity contribution in [2.75, 3.05) is 12.3 Å². The molecule has 0 radical (unpaired) electrons. The van der Waals surface area contributed by atoms with E-state index in [1.807, 2.05) is 0 Å². The number of anilines is 1. The summed E-state index contributed by atoms with van der Waals surface area (Å²) in [5.41, 5.74) is 5.85. The molecule has 0 aliphatic heterocycles. The van der Waals surface area contributed by atoms with Crippen molar-refractivity contribution in [1.82, 2.24) is 4.72 Å². The van der Waals surface area contributed by atoms with Crippen molar-refractivity contribution in [3.63, 3.8) is 0 Å². The summed E-state index contributed by atoms with van der Waals surface area (Å²) < 4.78 is 29.4. The summed E-state index contributed by atoms with van der Waals surface area (Å²) in [6.45, 7) is 1.68. The standard InChI is InChI=1S/C9H12N2O4S/c1-2-15-9(12)11-16(13,14)8-5-3-7(10)4-6-8/h3-6H,2,10H2,1H3,(H,11,12). The molecule has 0 fully saturated rings. The lowest BCUT2D eigenvalue weighted by Crippen LogP contribution is -2.31. The molecule has 6 nitrogen and oxygen atoms in total. The largest absolute Gasteiger partial charge is 0.449 e. The second-order valence-corrected chi connectivity index (χ2v) is 4.58. The lowest BCUT2D eigenvalue weighted by Gasteiger charge is -2.06. The maximum Gasteiger partial charge on any atom is 0.421 e. The zero-order valence-electron chi connectivity index (χ0n) is 8.64. The van der Waals surface area contributed by atoms with E-state index in [0.29, 0.717) is 5.69 Å². The number of rotatable bonds is 3. The molecule has 88 valence electrons. The maximum atomic E-state index is 11.6. The normalized spacial score (nSPS) is 10.8. The molecular formula is C9H12N2O4S. The van der Waals surface area contributed by atoms with Gasteiger partial charge in [0.25, 0.3) is 10.0 Å². The minimum atomic E-state index is -3.88. The number of nitrogens with two attached hydrogens (primary N) is 1. The van der Waals surface area contributed by atoms with Crippen molar-refractivity contribution < 1.29 is 17.9 Å². The van der Waals surface area contributed by atoms with E-state index in [4.69, 9.17) is 5.73 Å². The van der Waals surface area contributed by atoms with Gasteiger partial charge in [-0.1, -0.05) is 0 Å². The molecule has 16 heavy (non-hydrogen) atoms. The Morgan fingerprint density at radius 3 is 2.44 bits per heavy atom. The fourth-order valence-corrected chi connectivity index (χ4v) is 1.87. The lowest BCUT2D eigenvalue weighted by atomic mass is 10.3. The lowest BCUT2D eigenvalue weighted by molar-refractivity contribution is 0.158. The van der Waals surface area contributed by atoms with E-state index in [2.05, 4.69) is 4.74 Å². The highest BCUT2D eigenvalue weighted by molar-refractivity contribution is 7.90. The van der Waals surface area contributed by atoms with Crippen LogP contribution in [0.5, 0.6) is 0 Å². The number of carbonyl (C=O) groups is 1. The van der Waals surface area contributed by atoms with E-state index in [0.717, 1.165) is 0 Å². The van der Waals surface area contributed by atoms with E-state index in [1.54, 1.807) is 11.6 Å². The molecule has 0 aromatic heterocycles. The first-order valence-corrected chi connectivity index (χ1v) is 5.99. The number of ether oxygens (including phenoxy) is 1. The van der Waals surface area contributed by atoms with Gasteiger partial charge < -0.3 is 10.5 Å². The van der Waals surface area contributed by atoms with Crippen molar-refractivity contribution in [3.8, 4) is 0 Å². The van der Waals surface area contributed by atoms with Gasteiger partial charge in [-0.25, -0.2) is 17.9 Å². The van der Waals surface area contributed by atoms with Crippen molar-refractivity contribution in [1.29, 1.82) is 0 Å². The van der Waals surface area contributed by atoms with Crippen LogP contribution in [0.25, 0.3) is 0 Å². The average Bonchev–Trinajstić information content (AvgIpc) is 2.17. The molecule has 1 aromatic carbocycles. The van der Waals surface area contributed by atoms with Crippen LogP contribution >= 0.6 is 0 Å². The number of amides is 1. The third-order valence-electron chi connectivity index (χ3n) is 1.68. The molecule has 0 aliphatic carbocycles. The van der Waals surface area contributed by atoms with E-state index in [1.165, 1.54) is 24.3 Å². The van der Waals surface area contributed by atoms with Crippen molar-refractivity contribution in [3.05, 3.63) is 24.3 Å². The van der Waals surface area contributed by atoms with E-state index in [-0.39, 0.29) is 11.5 Å². The number of carbonyl (C=O) groups excluding carboxylic acids is 1. The van der Waals surface area contributed by atoms with E-state index < -0.39 is 16.1 Å². The van der Waals surface area contributed by atoms with Gasteiger partial charge in [-0.2, -0.15) is 0 Å². The minimum Gasteiger partial charge on any atom is -0.449 e. The van der Waals surface area contributed by atoms with Gasteiger partial charge in [-0.3, -0.25) is 0 Å². The quantitative estimate of drug-likeness (QED) is 0.763. The van der Waals surface area contributed by atoms with Gasteiger partial charge in [0, 0.05) is 5.69 Å². The maximum absolute atomic E-state index is 11.6. The van der Waals surface area contributed by atoms with Crippen LogP contribution in [0, 0.1) is 0 Å². The Labute approximate surface area is 93.5 Å². The zero-order chi connectivity index (χ0) is 12.2. The van der Waals surface area contributed by atoms with Gasteiger partial charge in [-0.15, -0.1) is 0 Å². The van der Waals surface area contributed by atoms with E-state index in [9.17, 15) is 13.2 Å². The van der Waals surface area contributed by atoms with Crippen LogP contribution in [0.1, 0.15) is 6.92 Å². The fourth-order valence-electron chi connectivity index (χ4n) is 0.976. The summed E-state index contributed by atoms with van der Waals surface area (Å²) in [5.74, 6) is 0. The minimum absolute atomic E-state index is 0.0465. The second kappa shape index (κ2) is 4.84. The number of nitrogens with one attached hydrogen (secondary N) is 1. The summed E-state index contributed by atoms with van der Waals surface area (Å²) in [5, 5.41) is 0. The molecule has 0 heterocycles. The molecule has 0 saturated carbocycles. The SMILES string of the molecule is CCOC(=O)NS(=O)(=O)c1ccc(N)cc1. The highest BCUT2D eigenvalue weighted by Gasteiger charge is 2.17. The Bertz CT molecular complexity index is 467. The monoisotopic (exact) mass is 244 g/mol.